The van der Waals surface area contributed by atoms with E-state index in [0.717, 1.165) is 44.8 Å². The van der Waals surface area contributed by atoms with Crippen molar-refractivity contribution in [3.05, 3.63) is 48.0 Å². The molecule has 3 aliphatic rings. The molecule has 1 N–H and O–H groups in total. The SMILES string of the molecule is COc1cccc2c1N=CN1CC(NC(=O)c3ncccn3)(OCCCN3CCOCC3)N=C21. The number of hydrogen-bond donors (Lipinski definition) is 1. The number of amides is 1. The molecule has 178 valence electrons. The number of nitrogens with one attached hydrogen (secondary N) is 1. The Labute approximate surface area is 197 Å². The maximum absolute atomic E-state index is 13.0. The fourth-order valence-electron chi connectivity index (χ4n) is 4.20. The van der Waals surface area contributed by atoms with Crippen molar-refractivity contribution in [1.29, 1.82) is 0 Å². The number of carbonyl (C=O) groups is 1. The number of ether oxygens (including phenoxy) is 3. The van der Waals surface area contributed by atoms with Crippen LogP contribution in [0.15, 0.2) is 46.6 Å². The van der Waals surface area contributed by atoms with Crippen molar-refractivity contribution in [3.63, 3.8) is 0 Å². The molecule has 1 amide bonds. The summed E-state index contributed by atoms with van der Waals surface area (Å²) in [6.07, 6.45) is 5.53. The predicted molar refractivity (Wildman–Crippen MR) is 124 cm³/mol. The fraction of sp³-hybridized carbons (Fsp3) is 0.435. The molecule has 0 saturated carbocycles. The Hall–Kier alpha value is -3.41. The molecule has 0 spiro atoms. The van der Waals surface area contributed by atoms with Crippen LogP contribution in [0.2, 0.25) is 0 Å². The average molecular weight is 466 g/mol. The standard InChI is InChI=1S/C23H27N7O4/c1-32-18-6-2-5-17-19(18)26-16-30-15-23(27-21(17)30,28-22(31)20-24-7-3-8-25-20)34-12-4-9-29-10-13-33-14-11-29/h2-3,5-8,16H,4,9-15H2,1H3,(H,28,31). The molecule has 5 rings (SSSR count). The van der Waals surface area contributed by atoms with Gasteiger partial charge in [-0.25, -0.2) is 20.0 Å². The molecule has 1 fully saturated rings. The molecule has 1 saturated heterocycles. The monoisotopic (exact) mass is 465 g/mol. The maximum atomic E-state index is 13.0. The number of morpholine rings is 1. The highest BCUT2D eigenvalue weighted by Gasteiger charge is 2.44. The van der Waals surface area contributed by atoms with E-state index in [1.54, 1.807) is 19.5 Å². The van der Waals surface area contributed by atoms with Gasteiger partial charge in [-0.05, 0) is 24.6 Å². The lowest BCUT2D eigenvalue weighted by Gasteiger charge is -2.29. The Balaban J connectivity index is 1.37. The van der Waals surface area contributed by atoms with E-state index >= 15 is 0 Å². The van der Waals surface area contributed by atoms with E-state index in [0.29, 0.717) is 23.9 Å². The van der Waals surface area contributed by atoms with Crippen LogP contribution in [0.1, 0.15) is 22.6 Å². The van der Waals surface area contributed by atoms with Gasteiger partial charge in [0.2, 0.25) is 5.82 Å². The summed E-state index contributed by atoms with van der Waals surface area (Å²) in [6.45, 7) is 4.91. The van der Waals surface area contributed by atoms with Crippen molar-refractivity contribution >= 4 is 23.8 Å². The van der Waals surface area contributed by atoms with Crippen molar-refractivity contribution < 1.29 is 19.0 Å². The predicted octanol–water partition coefficient (Wildman–Crippen LogP) is 1.04. The molecule has 1 aromatic heterocycles. The van der Waals surface area contributed by atoms with Gasteiger partial charge in [0.1, 0.15) is 17.3 Å². The second-order valence-corrected chi connectivity index (χ2v) is 8.13. The van der Waals surface area contributed by atoms with Crippen molar-refractivity contribution in [1.82, 2.24) is 25.1 Å². The Morgan fingerprint density at radius 3 is 2.82 bits per heavy atom. The normalized spacial score (nSPS) is 21.6. The number of methoxy groups -OCH3 is 1. The fourth-order valence-corrected chi connectivity index (χ4v) is 4.20. The zero-order valence-corrected chi connectivity index (χ0v) is 19.0. The highest BCUT2D eigenvalue weighted by molar-refractivity contribution is 6.12. The first-order valence-electron chi connectivity index (χ1n) is 11.3. The molecule has 1 atom stereocenters. The van der Waals surface area contributed by atoms with Crippen LogP contribution in [0, 0.1) is 0 Å². The third-order valence-corrected chi connectivity index (χ3v) is 5.87. The number of aliphatic imine (C=N–C) groups is 2. The summed E-state index contributed by atoms with van der Waals surface area (Å²) < 4.78 is 17.1. The van der Waals surface area contributed by atoms with Gasteiger partial charge in [-0.2, -0.15) is 0 Å². The zero-order chi connectivity index (χ0) is 23.4. The number of fused-ring (bicyclic) bond motifs is 3. The molecule has 11 heteroatoms. The highest BCUT2D eigenvalue weighted by Crippen LogP contribution is 2.37. The number of amidine groups is 1. The lowest BCUT2D eigenvalue weighted by atomic mass is 10.1. The Morgan fingerprint density at radius 2 is 2.03 bits per heavy atom. The molecule has 0 radical (unpaired) electrons. The second-order valence-electron chi connectivity index (χ2n) is 8.13. The summed E-state index contributed by atoms with van der Waals surface area (Å²) in [6, 6.07) is 7.33. The molecule has 1 aromatic carbocycles. The molecule has 4 heterocycles. The van der Waals surface area contributed by atoms with Gasteiger partial charge in [-0.3, -0.25) is 9.69 Å². The first kappa shape index (κ1) is 22.4. The van der Waals surface area contributed by atoms with Gasteiger partial charge in [0, 0.05) is 37.6 Å². The summed E-state index contributed by atoms with van der Waals surface area (Å²) in [4.78, 5) is 34.7. The van der Waals surface area contributed by atoms with Crippen LogP contribution in [0.3, 0.4) is 0 Å². The molecule has 3 aliphatic heterocycles. The molecule has 11 nitrogen and oxygen atoms in total. The van der Waals surface area contributed by atoms with Crippen LogP contribution in [0.25, 0.3) is 0 Å². The summed E-state index contributed by atoms with van der Waals surface area (Å²) in [5.41, 5.74) is 1.51. The topological polar surface area (TPSA) is 114 Å². The van der Waals surface area contributed by atoms with Crippen molar-refractivity contribution in [2.75, 3.05) is 53.1 Å². The second kappa shape index (κ2) is 9.84. The molecular weight excluding hydrogens is 438 g/mol. The zero-order valence-electron chi connectivity index (χ0n) is 19.0. The van der Waals surface area contributed by atoms with E-state index in [4.69, 9.17) is 19.2 Å². The third kappa shape index (κ3) is 4.63. The van der Waals surface area contributed by atoms with Crippen LogP contribution >= 0.6 is 0 Å². The van der Waals surface area contributed by atoms with Gasteiger partial charge in [0.05, 0.1) is 39.8 Å². The van der Waals surface area contributed by atoms with Crippen LogP contribution in [0.4, 0.5) is 5.69 Å². The number of nitrogens with zero attached hydrogens (tertiary/aromatic N) is 6. The van der Waals surface area contributed by atoms with E-state index in [-0.39, 0.29) is 12.4 Å². The molecule has 34 heavy (non-hydrogen) atoms. The number of hydrogen-bond acceptors (Lipinski definition) is 10. The molecule has 0 bridgehead atoms. The van der Waals surface area contributed by atoms with Gasteiger partial charge in [-0.1, -0.05) is 6.07 Å². The maximum Gasteiger partial charge on any atom is 0.292 e. The number of benzene rings is 1. The number of para-hydroxylation sites is 1. The quantitative estimate of drug-likeness (QED) is 0.455. The van der Waals surface area contributed by atoms with Gasteiger partial charge >= 0.3 is 0 Å². The van der Waals surface area contributed by atoms with E-state index in [1.807, 2.05) is 23.1 Å². The van der Waals surface area contributed by atoms with Crippen LogP contribution in [-0.2, 0) is 9.47 Å². The van der Waals surface area contributed by atoms with E-state index in [2.05, 4.69) is 25.2 Å². The lowest BCUT2D eigenvalue weighted by molar-refractivity contribution is -0.0582. The summed E-state index contributed by atoms with van der Waals surface area (Å²) >= 11 is 0. The van der Waals surface area contributed by atoms with Gasteiger partial charge in [-0.15, -0.1) is 0 Å². The molecular formula is C23H27N7O4. The summed E-state index contributed by atoms with van der Waals surface area (Å²) in [7, 11) is 1.61. The highest BCUT2D eigenvalue weighted by atomic mass is 16.5. The minimum atomic E-state index is -1.30. The Kier molecular flexibility index (Phi) is 6.48. The van der Waals surface area contributed by atoms with Crippen LogP contribution < -0.4 is 10.1 Å². The van der Waals surface area contributed by atoms with Gasteiger partial charge < -0.3 is 24.4 Å². The molecule has 1 unspecified atom stereocenters. The van der Waals surface area contributed by atoms with Crippen molar-refractivity contribution in [2.24, 2.45) is 9.98 Å². The smallest absolute Gasteiger partial charge is 0.292 e. The molecule has 0 aliphatic carbocycles. The van der Waals surface area contributed by atoms with E-state index in [9.17, 15) is 4.79 Å². The lowest BCUT2D eigenvalue weighted by Crippen LogP contribution is -2.53. The Bertz CT molecular complexity index is 1090. The third-order valence-electron chi connectivity index (χ3n) is 5.87. The summed E-state index contributed by atoms with van der Waals surface area (Å²) in [5.74, 6) is -0.388. The van der Waals surface area contributed by atoms with Gasteiger partial charge in [0.15, 0.2) is 0 Å². The number of rotatable bonds is 8. The first-order chi connectivity index (χ1) is 16.7. The van der Waals surface area contributed by atoms with Crippen LogP contribution in [0.5, 0.6) is 5.75 Å². The minimum Gasteiger partial charge on any atom is -0.494 e. The molecule has 2 aromatic rings. The largest absolute Gasteiger partial charge is 0.494 e. The number of aromatic nitrogens is 2. The van der Waals surface area contributed by atoms with Crippen molar-refractivity contribution in [3.8, 4) is 5.75 Å². The minimum absolute atomic E-state index is 0.0552. The first-order valence-corrected chi connectivity index (χ1v) is 11.3. The van der Waals surface area contributed by atoms with Crippen LogP contribution in [-0.4, -0.2) is 96.8 Å². The Morgan fingerprint density at radius 1 is 1.21 bits per heavy atom. The van der Waals surface area contributed by atoms with Gasteiger partial charge in [0.25, 0.3) is 11.8 Å². The van der Waals surface area contributed by atoms with E-state index in [1.165, 1.54) is 12.4 Å². The van der Waals surface area contributed by atoms with E-state index < -0.39 is 11.8 Å². The summed E-state index contributed by atoms with van der Waals surface area (Å²) in [5, 5.41) is 2.92. The average Bonchev–Trinajstić information content (AvgIpc) is 3.26. The van der Waals surface area contributed by atoms with Crippen molar-refractivity contribution in [2.45, 2.75) is 12.3 Å². The number of carbonyl (C=O) groups excluding carboxylic acids is 1.